The number of amides is 2. The number of thiophene rings is 1. The Hall–Kier alpha value is -2.61. The lowest BCUT2D eigenvalue weighted by Gasteiger charge is -2.32. The summed E-state index contributed by atoms with van der Waals surface area (Å²) >= 11 is 1.60. The molecule has 1 heterocycles. The van der Waals surface area contributed by atoms with Gasteiger partial charge in [-0.05, 0) is 71.9 Å². The number of methoxy groups -OCH3 is 1. The van der Waals surface area contributed by atoms with Crippen molar-refractivity contribution in [2.75, 3.05) is 7.11 Å². The van der Waals surface area contributed by atoms with Crippen LogP contribution >= 0.6 is 11.3 Å². The maximum atomic E-state index is 12.9. The molecule has 1 aromatic carbocycles. The Morgan fingerprint density at radius 2 is 1.52 bits per heavy atom. The Balaban J connectivity index is 2.32. The summed E-state index contributed by atoms with van der Waals surface area (Å²) in [4.78, 5) is 40.2. The van der Waals surface area contributed by atoms with Crippen LogP contribution in [-0.4, -0.2) is 47.4 Å². The third-order valence-corrected chi connectivity index (χ3v) is 5.28. The number of fused-ring (bicyclic) bond motifs is 1. The standard InChI is InChI=1S/C23H31NO6S/c1-22(2,3)29-20(26)24(21(27)30-23(4,5)6)17(19(25)28-7)13-12-16-14-15-10-8-9-11-18(15)31-16/h8-11,14,17H,12-13H2,1-7H3. The van der Waals surface area contributed by atoms with Crippen molar-refractivity contribution in [1.82, 2.24) is 4.90 Å². The summed E-state index contributed by atoms with van der Waals surface area (Å²) in [6.07, 6.45) is -1.25. The van der Waals surface area contributed by atoms with E-state index in [4.69, 9.17) is 14.2 Å². The van der Waals surface area contributed by atoms with Gasteiger partial charge in [-0.15, -0.1) is 11.3 Å². The van der Waals surface area contributed by atoms with Crippen LogP contribution in [0.4, 0.5) is 9.59 Å². The number of rotatable bonds is 5. The Labute approximate surface area is 187 Å². The van der Waals surface area contributed by atoms with Crippen LogP contribution in [0.5, 0.6) is 0 Å². The molecule has 1 atom stereocenters. The zero-order chi connectivity index (χ0) is 23.4. The van der Waals surface area contributed by atoms with Crippen LogP contribution in [0, 0.1) is 0 Å². The molecule has 8 heteroatoms. The number of imide groups is 1. The minimum absolute atomic E-state index is 0.179. The van der Waals surface area contributed by atoms with Crippen LogP contribution in [0.25, 0.3) is 10.1 Å². The molecule has 0 N–H and O–H groups in total. The van der Waals surface area contributed by atoms with E-state index >= 15 is 0 Å². The second-order valence-electron chi connectivity index (χ2n) is 9.16. The molecule has 31 heavy (non-hydrogen) atoms. The number of carbonyl (C=O) groups excluding carboxylic acids is 3. The summed E-state index contributed by atoms with van der Waals surface area (Å²) in [6.45, 7) is 10.1. The molecule has 0 radical (unpaired) electrons. The van der Waals surface area contributed by atoms with Gasteiger partial charge in [0.15, 0.2) is 0 Å². The second kappa shape index (κ2) is 9.68. The molecule has 0 bridgehead atoms. The maximum Gasteiger partial charge on any atom is 0.420 e. The summed E-state index contributed by atoms with van der Waals surface area (Å²) < 4.78 is 16.8. The average molecular weight is 450 g/mol. The normalized spacial score (nSPS) is 12.9. The van der Waals surface area contributed by atoms with Crippen molar-refractivity contribution in [3.63, 3.8) is 0 Å². The number of esters is 1. The average Bonchev–Trinajstić information content (AvgIpc) is 3.04. The fourth-order valence-corrected chi connectivity index (χ4v) is 3.96. The van der Waals surface area contributed by atoms with E-state index in [2.05, 4.69) is 0 Å². The third kappa shape index (κ3) is 7.24. The first-order chi connectivity index (χ1) is 14.3. The zero-order valence-electron chi connectivity index (χ0n) is 19.2. The van der Waals surface area contributed by atoms with Crippen LogP contribution in [0.3, 0.4) is 0 Å². The highest BCUT2D eigenvalue weighted by atomic mass is 32.1. The highest BCUT2D eigenvalue weighted by molar-refractivity contribution is 7.19. The highest BCUT2D eigenvalue weighted by Crippen LogP contribution is 2.27. The first-order valence-electron chi connectivity index (χ1n) is 10.1. The van der Waals surface area contributed by atoms with Gasteiger partial charge in [-0.25, -0.2) is 14.4 Å². The largest absolute Gasteiger partial charge is 0.467 e. The maximum absolute atomic E-state index is 12.9. The van der Waals surface area contributed by atoms with Crippen molar-refractivity contribution in [1.29, 1.82) is 0 Å². The monoisotopic (exact) mass is 449 g/mol. The van der Waals surface area contributed by atoms with Gasteiger partial charge in [-0.3, -0.25) is 0 Å². The molecule has 1 aromatic heterocycles. The number of hydrogen-bond acceptors (Lipinski definition) is 7. The molecule has 0 fully saturated rings. The Kier molecular flexibility index (Phi) is 7.70. The SMILES string of the molecule is COC(=O)C(CCc1cc2ccccc2s1)N(C(=O)OC(C)(C)C)C(=O)OC(C)(C)C. The van der Waals surface area contributed by atoms with Crippen molar-refractivity contribution < 1.29 is 28.6 Å². The molecule has 0 aliphatic rings. The summed E-state index contributed by atoms with van der Waals surface area (Å²) in [5.74, 6) is -0.710. The lowest BCUT2D eigenvalue weighted by Crippen LogP contribution is -2.52. The molecule has 0 aliphatic heterocycles. The molecule has 2 aromatic rings. The number of hydrogen-bond donors (Lipinski definition) is 0. The molecule has 2 rings (SSSR count). The van der Waals surface area contributed by atoms with E-state index in [1.807, 2.05) is 30.3 Å². The van der Waals surface area contributed by atoms with E-state index in [-0.39, 0.29) is 6.42 Å². The minimum Gasteiger partial charge on any atom is -0.467 e. The minimum atomic E-state index is -1.18. The molecule has 0 aliphatic carbocycles. The second-order valence-corrected chi connectivity index (χ2v) is 10.3. The topological polar surface area (TPSA) is 82.1 Å². The molecule has 0 spiro atoms. The zero-order valence-corrected chi connectivity index (χ0v) is 20.0. The lowest BCUT2D eigenvalue weighted by atomic mass is 10.1. The van der Waals surface area contributed by atoms with Crippen LogP contribution in [0.15, 0.2) is 30.3 Å². The Morgan fingerprint density at radius 3 is 2.00 bits per heavy atom. The first-order valence-corrected chi connectivity index (χ1v) is 10.9. The van der Waals surface area contributed by atoms with Crippen molar-refractivity contribution in [3.05, 3.63) is 35.2 Å². The number of aryl methyl sites for hydroxylation is 1. The van der Waals surface area contributed by atoms with E-state index < -0.39 is 35.4 Å². The van der Waals surface area contributed by atoms with Gasteiger partial charge in [0, 0.05) is 9.58 Å². The summed E-state index contributed by atoms with van der Waals surface area (Å²) in [6, 6.07) is 8.82. The Morgan fingerprint density at radius 1 is 0.968 bits per heavy atom. The van der Waals surface area contributed by atoms with Crippen LogP contribution < -0.4 is 0 Å². The van der Waals surface area contributed by atoms with E-state index in [0.717, 1.165) is 19.9 Å². The number of benzene rings is 1. The van der Waals surface area contributed by atoms with Gasteiger partial charge in [0.1, 0.15) is 17.2 Å². The van der Waals surface area contributed by atoms with Crippen LogP contribution in [0.1, 0.15) is 52.8 Å². The molecule has 0 saturated carbocycles. The predicted molar refractivity (Wildman–Crippen MR) is 120 cm³/mol. The fraction of sp³-hybridized carbons (Fsp3) is 0.522. The van der Waals surface area contributed by atoms with Gasteiger partial charge in [0.2, 0.25) is 0 Å². The van der Waals surface area contributed by atoms with Gasteiger partial charge >= 0.3 is 18.2 Å². The highest BCUT2D eigenvalue weighted by Gasteiger charge is 2.40. The molecule has 2 amide bonds. The molecule has 170 valence electrons. The molecular formula is C23H31NO6S. The lowest BCUT2D eigenvalue weighted by molar-refractivity contribution is -0.146. The molecule has 0 saturated heterocycles. The smallest absolute Gasteiger partial charge is 0.420 e. The van der Waals surface area contributed by atoms with Gasteiger partial charge in [0.25, 0.3) is 0 Å². The van der Waals surface area contributed by atoms with Crippen LogP contribution in [0.2, 0.25) is 0 Å². The van der Waals surface area contributed by atoms with E-state index in [9.17, 15) is 14.4 Å². The third-order valence-electron chi connectivity index (χ3n) is 4.11. The molecular weight excluding hydrogens is 418 g/mol. The van der Waals surface area contributed by atoms with Gasteiger partial charge in [0.05, 0.1) is 7.11 Å². The fourth-order valence-electron chi connectivity index (χ4n) is 2.88. The van der Waals surface area contributed by atoms with Gasteiger partial charge < -0.3 is 14.2 Å². The van der Waals surface area contributed by atoms with Gasteiger partial charge in [-0.2, -0.15) is 4.90 Å². The number of ether oxygens (including phenoxy) is 3. The van der Waals surface area contributed by atoms with E-state index in [1.54, 1.807) is 52.9 Å². The predicted octanol–water partition coefficient (Wildman–Crippen LogP) is 5.55. The quantitative estimate of drug-likeness (QED) is 0.440. The van der Waals surface area contributed by atoms with Crippen molar-refractivity contribution in [2.24, 2.45) is 0 Å². The first kappa shape index (κ1) is 24.7. The van der Waals surface area contributed by atoms with Gasteiger partial charge in [-0.1, -0.05) is 18.2 Å². The number of carbonyl (C=O) groups is 3. The van der Waals surface area contributed by atoms with Crippen molar-refractivity contribution in [2.45, 2.75) is 71.6 Å². The number of nitrogens with zero attached hydrogens (tertiary/aromatic N) is 1. The summed E-state index contributed by atoms with van der Waals surface area (Å²) in [5.41, 5.74) is -1.72. The van der Waals surface area contributed by atoms with Crippen LogP contribution in [-0.2, 0) is 25.4 Å². The van der Waals surface area contributed by atoms with Crippen molar-refractivity contribution >= 4 is 39.6 Å². The van der Waals surface area contributed by atoms with E-state index in [1.165, 1.54) is 7.11 Å². The Bertz CT molecular complexity index is 876. The van der Waals surface area contributed by atoms with Crippen molar-refractivity contribution in [3.8, 4) is 0 Å². The summed E-state index contributed by atoms with van der Waals surface area (Å²) in [7, 11) is 1.22. The molecule has 7 nitrogen and oxygen atoms in total. The molecule has 1 unspecified atom stereocenters. The van der Waals surface area contributed by atoms with E-state index in [0.29, 0.717) is 6.42 Å². The summed E-state index contributed by atoms with van der Waals surface area (Å²) in [5, 5.41) is 1.10.